The van der Waals surface area contributed by atoms with Crippen LogP contribution in [0.5, 0.6) is 5.75 Å². The van der Waals surface area contributed by atoms with Crippen molar-refractivity contribution in [2.24, 2.45) is 0 Å². The summed E-state index contributed by atoms with van der Waals surface area (Å²) < 4.78 is 5.48. The normalized spacial score (nSPS) is 19.6. The summed E-state index contributed by atoms with van der Waals surface area (Å²) in [6.45, 7) is 2.54. The molecule has 1 N–H and O–H groups in total. The predicted molar refractivity (Wildman–Crippen MR) is 134 cm³/mol. The molecule has 1 aromatic heterocycles. The first-order valence-corrected chi connectivity index (χ1v) is 11.9. The number of hydrogen-bond acceptors (Lipinski definition) is 3. The van der Waals surface area contributed by atoms with Crippen LogP contribution in [0, 0.1) is 6.92 Å². The lowest BCUT2D eigenvalue weighted by Crippen LogP contribution is -2.62. The van der Waals surface area contributed by atoms with E-state index < -0.39 is 6.04 Å². The van der Waals surface area contributed by atoms with E-state index in [1.54, 1.807) is 16.9 Å². The molecular weight excluding hydrogens is 438 g/mol. The van der Waals surface area contributed by atoms with Crippen molar-refractivity contribution < 1.29 is 14.3 Å². The number of aromatic nitrogens is 1. The molecule has 0 spiro atoms. The van der Waals surface area contributed by atoms with Gasteiger partial charge in [-0.05, 0) is 41.8 Å². The summed E-state index contributed by atoms with van der Waals surface area (Å²) in [7, 11) is 1.63. The zero-order chi connectivity index (χ0) is 24.1. The molecule has 2 unspecified atom stereocenters. The molecule has 2 amide bonds. The Morgan fingerprint density at radius 2 is 1.80 bits per heavy atom. The van der Waals surface area contributed by atoms with E-state index in [4.69, 9.17) is 4.74 Å². The van der Waals surface area contributed by atoms with Gasteiger partial charge in [0.15, 0.2) is 0 Å². The molecule has 6 nitrogen and oxygen atoms in total. The minimum absolute atomic E-state index is 0.00555. The van der Waals surface area contributed by atoms with Crippen molar-refractivity contribution in [3.63, 3.8) is 0 Å². The smallest absolute Gasteiger partial charge is 0.246 e. The second-order valence-electron chi connectivity index (χ2n) is 9.44. The highest BCUT2D eigenvalue weighted by molar-refractivity contribution is 5.97. The summed E-state index contributed by atoms with van der Waals surface area (Å²) in [5, 5.41) is 1.10. The van der Waals surface area contributed by atoms with E-state index in [9.17, 15) is 9.59 Å². The summed E-state index contributed by atoms with van der Waals surface area (Å²) in [6, 6.07) is 23.1. The van der Waals surface area contributed by atoms with Gasteiger partial charge in [-0.3, -0.25) is 9.59 Å². The molecule has 6 rings (SSSR count). The van der Waals surface area contributed by atoms with Crippen LogP contribution in [-0.2, 0) is 22.6 Å². The molecule has 2 aliphatic rings. The molecule has 35 heavy (non-hydrogen) atoms. The largest absolute Gasteiger partial charge is 0.497 e. The van der Waals surface area contributed by atoms with E-state index in [0.29, 0.717) is 13.0 Å². The van der Waals surface area contributed by atoms with Gasteiger partial charge in [0.25, 0.3) is 0 Å². The van der Waals surface area contributed by atoms with Crippen LogP contribution in [0.15, 0.2) is 72.8 Å². The van der Waals surface area contributed by atoms with Crippen LogP contribution in [0.3, 0.4) is 0 Å². The number of para-hydroxylation sites is 1. The van der Waals surface area contributed by atoms with Crippen LogP contribution < -0.4 is 4.74 Å². The average Bonchev–Trinajstić information content (AvgIpc) is 3.25. The first-order chi connectivity index (χ1) is 17.0. The van der Waals surface area contributed by atoms with Gasteiger partial charge < -0.3 is 19.5 Å². The standard InChI is InChI=1S/C29H27N3O3/c1-18-10-12-19(13-11-18)16-31-17-26(33)32-25(29(31)34)15-23-22-8-3-4-9-24(22)30-27(23)28(32)20-6-5-7-21(14-20)35-2/h3-14,25,28,30H,15-17H2,1-2H3. The van der Waals surface area contributed by atoms with E-state index in [2.05, 4.69) is 11.1 Å². The van der Waals surface area contributed by atoms with Gasteiger partial charge in [0.05, 0.1) is 13.2 Å². The van der Waals surface area contributed by atoms with Crippen molar-refractivity contribution in [3.8, 4) is 5.75 Å². The van der Waals surface area contributed by atoms with Crippen molar-refractivity contribution in [3.05, 3.63) is 101 Å². The quantitative estimate of drug-likeness (QED) is 0.487. The number of methoxy groups -OCH3 is 1. The van der Waals surface area contributed by atoms with Crippen molar-refractivity contribution in [1.82, 2.24) is 14.8 Å². The molecule has 6 heteroatoms. The number of aryl methyl sites for hydroxylation is 1. The topological polar surface area (TPSA) is 65.6 Å². The third-order valence-electron chi connectivity index (χ3n) is 7.25. The zero-order valence-electron chi connectivity index (χ0n) is 19.8. The monoisotopic (exact) mass is 465 g/mol. The van der Waals surface area contributed by atoms with Crippen LogP contribution >= 0.6 is 0 Å². The maximum atomic E-state index is 13.8. The molecule has 2 atom stereocenters. The summed E-state index contributed by atoms with van der Waals surface area (Å²) in [5.41, 5.74) is 6.22. The van der Waals surface area contributed by atoms with Crippen LogP contribution in [-0.4, -0.2) is 46.3 Å². The second-order valence-corrected chi connectivity index (χ2v) is 9.44. The maximum Gasteiger partial charge on any atom is 0.246 e. The molecule has 0 aliphatic carbocycles. The molecular formula is C29H27N3O3. The van der Waals surface area contributed by atoms with Gasteiger partial charge in [-0.15, -0.1) is 0 Å². The Morgan fingerprint density at radius 3 is 2.60 bits per heavy atom. The fraction of sp³-hybridized carbons (Fsp3) is 0.241. The van der Waals surface area contributed by atoms with Crippen molar-refractivity contribution in [1.29, 1.82) is 0 Å². The molecule has 0 saturated carbocycles. The number of fused-ring (bicyclic) bond motifs is 4. The Hall–Kier alpha value is -4.06. The summed E-state index contributed by atoms with van der Waals surface area (Å²) >= 11 is 0. The third kappa shape index (κ3) is 3.57. The summed E-state index contributed by atoms with van der Waals surface area (Å²) in [5.74, 6) is 0.673. The Balaban J connectivity index is 1.45. The molecule has 2 aliphatic heterocycles. The number of benzene rings is 3. The second kappa shape index (κ2) is 8.31. The van der Waals surface area contributed by atoms with Crippen LogP contribution in [0.25, 0.3) is 10.9 Å². The lowest BCUT2D eigenvalue weighted by Gasteiger charge is -2.47. The summed E-state index contributed by atoms with van der Waals surface area (Å²) in [6.07, 6.45) is 0.495. The van der Waals surface area contributed by atoms with Gasteiger partial charge in [0, 0.05) is 29.6 Å². The minimum Gasteiger partial charge on any atom is -0.497 e. The van der Waals surface area contributed by atoms with Gasteiger partial charge in [0.2, 0.25) is 11.8 Å². The molecule has 3 aromatic carbocycles. The van der Waals surface area contributed by atoms with Crippen molar-refractivity contribution in [2.45, 2.75) is 32.0 Å². The number of aromatic amines is 1. The number of carbonyl (C=O) groups is 2. The highest BCUT2D eigenvalue weighted by Gasteiger charge is 2.48. The molecule has 1 saturated heterocycles. The molecule has 4 aromatic rings. The SMILES string of the molecule is COc1cccc(C2c3[nH]c4ccccc4c3CC3C(=O)N(Cc4ccc(C)cc4)CC(=O)N32)c1. The Labute approximate surface area is 204 Å². The fourth-order valence-corrected chi connectivity index (χ4v) is 5.53. The molecule has 3 heterocycles. The highest BCUT2D eigenvalue weighted by Crippen LogP contribution is 2.43. The molecule has 176 valence electrons. The van der Waals surface area contributed by atoms with Crippen molar-refractivity contribution >= 4 is 22.7 Å². The molecule has 1 fully saturated rings. The number of H-pyrrole nitrogens is 1. The Morgan fingerprint density at radius 1 is 1.00 bits per heavy atom. The maximum absolute atomic E-state index is 13.8. The fourth-order valence-electron chi connectivity index (χ4n) is 5.53. The summed E-state index contributed by atoms with van der Waals surface area (Å²) in [4.78, 5) is 34.6. The zero-order valence-corrected chi connectivity index (χ0v) is 19.8. The van der Waals surface area contributed by atoms with Crippen LogP contribution in [0.1, 0.15) is 34.0 Å². The number of carbonyl (C=O) groups excluding carboxylic acids is 2. The minimum atomic E-state index is -0.551. The van der Waals surface area contributed by atoms with Crippen molar-refractivity contribution in [2.75, 3.05) is 13.7 Å². The van der Waals surface area contributed by atoms with Gasteiger partial charge in [-0.1, -0.05) is 60.2 Å². The van der Waals surface area contributed by atoms with Gasteiger partial charge >= 0.3 is 0 Å². The van der Waals surface area contributed by atoms with E-state index in [-0.39, 0.29) is 24.4 Å². The van der Waals surface area contributed by atoms with Gasteiger partial charge in [-0.25, -0.2) is 0 Å². The average molecular weight is 466 g/mol. The number of nitrogens with zero attached hydrogens (tertiary/aromatic N) is 2. The van der Waals surface area contributed by atoms with Gasteiger partial charge in [-0.2, -0.15) is 0 Å². The Bertz CT molecular complexity index is 1440. The molecule has 0 bridgehead atoms. The number of amides is 2. The van der Waals surface area contributed by atoms with Crippen LogP contribution in [0.2, 0.25) is 0 Å². The van der Waals surface area contributed by atoms with Gasteiger partial charge in [0.1, 0.15) is 18.3 Å². The molecule has 0 radical (unpaired) electrons. The number of nitrogens with one attached hydrogen (secondary N) is 1. The number of rotatable bonds is 4. The highest BCUT2D eigenvalue weighted by atomic mass is 16.5. The lowest BCUT2D eigenvalue weighted by molar-refractivity contribution is -0.159. The van der Waals surface area contributed by atoms with E-state index >= 15 is 0 Å². The third-order valence-corrected chi connectivity index (χ3v) is 7.25. The van der Waals surface area contributed by atoms with E-state index in [1.165, 1.54) is 5.56 Å². The first-order valence-electron chi connectivity index (χ1n) is 11.9. The Kier molecular flexibility index (Phi) is 5.10. The van der Waals surface area contributed by atoms with E-state index in [0.717, 1.165) is 39.0 Å². The predicted octanol–water partition coefficient (Wildman–Crippen LogP) is 4.37. The lowest BCUT2D eigenvalue weighted by atomic mass is 9.86. The van der Waals surface area contributed by atoms with E-state index in [1.807, 2.05) is 73.7 Å². The number of piperazine rings is 1. The number of ether oxygens (including phenoxy) is 1. The van der Waals surface area contributed by atoms with Crippen LogP contribution in [0.4, 0.5) is 0 Å². The first kappa shape index (κ1) is 21.5. The number of hydrogen-bond donors (Lipinski definition) is 1.